The molecule has 4 rings (SSSR count). The third-order valence-electron chi connectivity index (χ3n) is 6.03. The first-order valence-electron chi connectivity index (χ1n) is 10.1. The number of halogens is 1. The molecule has 1 unspecified atom stereocenters. The Morgan fingerprint density at radius 3 is 2.52 bits per heavy atom. The molecule has 7 heteroatoms. The molecule has 2 aliphatic heterocycles. The predicted molar refractivity (Wildman–Crippen MR) is 116 cm³/mol. The summed E-state index contributed by atoms with van der Waals surface area (Å²) in [5.41, 5.74) is 1.96. The highest BCUT2D eigenvalue weighted by Crippen LogP contribution is 2.37. The zero-order valence-corrected chi connectivity index (χ0v) is 17.8. The summed E-state index contributed by atoms with van der Waals surface area (Å²) in [6, 6.07) is 15.2. The van der Waals surface area contributed by atoms with Crippen LogP contribution < -0.4 is 4.90 Å². The second-order valence-corrected chi connectivity index (χ2v) is 8.67. The van der Waals surface area contributed by atoms with Crippen LogP contribution in [0.4, 0.5) is 11.4 Å². The van der Waals surface area contributed by atoms with Crippen molar-refractivity contribution in [1.29, 1.82) is 0 Å². The maximum Gasteiger partial charge on any atom is 0.292 e. The van der Waals surface area contributed by atoms with Crippen LogP contribution in [0.1, 0.15) is 37.3 Å². The second kappa shape index (κ2) is 8.53. The summed E-state index contributed by atoms with van der Waals surface area (Å²) in [6.07, 6.45) is 3.48. The molecule has 0 aromatic heterocycles. The number of nitro benzene ring substituents is 1. The smallest absolute Gasteiger partial charge is 0.292 e. The van der Waals surface area contributed by atoms with Gasteiger partial charge in [0.15, 0.2) is 0 Å². The number of rotatable bonds is 4. The number of hydrogen-bond acceptors (Lipinski definition) is 4. The molecule has 152 valence electrons. The van der Waals surface area contributed by atoms with E-state index in [1.807, 2.05) is 28.0 Å². The summed E-state index contributed by atoms with van der Waals surface area (Å²) in [7, 11) is 0. The fraction of sp³-hybridized carbons (Fsp3) is 0.409. The Balaban J connectivity index is 1.43. The molecule has 29 heavy (non-hydrogen) atoms. The van der Waals surface area contributed by atoms with Crippen LogP contribution in [-0.4, -0.2) is 35.4 Å². The van der Waals surface area contributed by atoms with E-state index < -0.39 is 0 Å². The maximum absolute atomic E-state index is 13.3. The van der Waals surface area contributed by atoms with Gasteiger partial charge in [0, 0.05) is 36.1 Å². The van der Waals surface area contributed by atoms with Gasteiger partial charge in [-0.2, -0.15) is 0 Å². The summed E-state index contributed by atoms with van der Waals surface area (Å²) >= 11 is 3.53. The van der Waals surface area contributed by atoms with Crippen LogP contribution in [0.2, 0.25) is 0 Å². The zero-order valence-electron chi connectivity index (χ0n) is 16.2. The Morgan fingerprint density at radius 1 is 1.03 bits per heavy atom. The number of anilines is 1. The molecule has 0 aliphatic carbocycles. The van der Waals surface area contributed by atoms with Crippen molar-refractivity contribution in [2.45, 2.75) is 31.7 Å². The monoisotopic (exact) mass is 457 g/mol. The summed E-state index contributed by atoms with van der Waals surface area (Å²) in [5, 5.41) is 11.3. The van der Waals surface area contributed by atoms with Crippen molar-refractivity contribution in [3.63, 3.8) is 0 Å². The zero-order chi connectivity index (χ0) is 20.4. The lowest BCUT2D eigenvalue weighted by atomic mass is 9.93. The van der Waals surface area contributed by atoms with Gasteiger partial charge in [0.2, 0.25) is 5.91 Å². The first kappa shape index (κ1) is 19.9. The van der Waals surface area contributed by atoms with E-state index in [0.717, 1.165) is 36.7 Å². The fourth-order valence-electron chi connectivity index (χ4n) is 4.58. The van der Waals surface area contributed by atoms with Crippen molar-refractivity contribution in [3.8, 4) is 0 Å². The molecule has 0 saturated carbocycles. The summed E-state index contributed by atoms with van der Waals surface area (Å²) < 4.78 is 1.03. The van der Waals surface area contributed by atoms with Gasteiger partial charge in [-0.25, -0.2) is 0 Å². The Labute approximate surface area is 178 Å². The van der Waals surface area contributed by atoms with Crippen LogP contribution in [0.3, 0.4) is 0 Å². The average Bonchev–Trinajstić information content (AvgIpc) is 3.23. The fourth-order valence-corrected chi connectivity index (χ4v) is 5.00. The second-order valence-electron chi connectivity index (χ2n) is 7.75. The van der Waals surface area contributed by atoms with E-state index in [-0.39, 0.29) is 28.5 Å². The standard InChI is InChI=1S/C22H24BrN3O3/c23-18-6-3-5-17(15-18)19-9-4-12-25(19)22(27)16-10-13-24(14-11-16)20-7-1-2-8-21(20)26(28)29/h1-3,5-8,15-16,19H,4,9-14H2. The number of carbonyl (C=O) groups excluding carboxylic acids is 1. The number of likely N-dealkylation sites (tertiary alicyclic amines) is 1. The van der Waals surface area contributed by atoms with E-state index in [0.29, 0.717) is 18.8 Å². The molecule has 2 fully saturated rings. The van der Waals surface area contributed by atoms with Gasteiger partial charge in [-0.05, 0) is 49.4 Å². The van der Waals surface area contributed by atoms with E-state index in [1.54, 1.807) is 18.2 Å². The Hall–Kier alpha value is -2.41. The minimum absolute atomic E-state index is 0.0122. The number of amides is 1. The highest BCUT2D eigenvalue weighted by Gasteiger charge is 2.36. The molecule has 2 aromatic rings. The molecule has 2 aromatic carbocycles. The van der Waals surface area contributed by atoms with Gasteiger partial charge in [0.05, 0.1) is 11.0 Å². The Bertz CT molecular complexity index is 912. The molecule has 0 radical (unpaired) electrons. The van der Waals surface area contributed by atoms with Crippen LogP contribution in [0.5, 0.6) is 0 Å². The van der Waals surface area contributed by atoms with Crippen molar-refractivity contribution in [3.05, 3.63) is 68.7 Å². The number of nitro groups is 1. The van der Waals surface area contributed by atoms with Gasteiger partial charge in [0.1, 0.15) is 5.69 Å². The molecule has 2 aliphatic rings. The van der Waals surface area contributed by atoms with Gasteiger partial charge in [-0.3, -0.25) is 14.9 Å². The van der Waals surface area contributed by atoms with Crippen LogP contribution in [-0.2, 0) is 4.79 Å². The van der Waals surface area contributed by atoms with E-state index in [4.69, 9.17) is 0 Å². The lowest BCUT2D eigenvalue weighted by molar-refractivity contribution is -0.384. The molecular weight excluding hydrogens is 434 g/mol. The van der Waals surface area contributed by atoms with Gasteiger partial charge in [0.25, 0.3) is 5.69 Å². The Kier molecular flexibility index (Phi) is 5.85. The van der Waals surface area contributed by atoms with Crippen molar-refractivity contribution in [2.24, 2.45) is 5.92 Å². The molecule has 2 saturated heterocycles. The minimum atomic E-state index is -0.334. The number of piperidine rings is 1. The van der Waals surface area contributed by atoms with Crippen molar-refractivity contribution >= 4 is 33.2 Å². The van der Waals surface area contributed by atoms with Crippen LogP contribution >= 0.6 is 15.9 Å². The van der Waals surface area contributed by atoms with Gasteiger partial charge in [-0.1, -0.05) is 40.2 Å². The summed E-state index contributed by atoms with van der Waals surface area (Å²) in [6.45, 7) is 2.13. The van der Waals surface area contributed by atoms with Crippen LogP contribution in [0.15, 0.2) is 53.0 Å². The van der Waals surface area contributed by atoms with Crippen LogP contribution in [0, 0.1) is 16.0 Å². The summed E-state index contributed by atoms with van der Waals surface area (Å²) in [4.78, 5) is 28.3. The molecule has 0 spiro atoms. The van der Waals surface area contributed by atoms with Crippen molar-refractivity contribution < 1.29 is 9.72 Å². The van der Waals surface area contributed by atoms with E-state index in [1.165, 1.54) is 5.56 Å². The number of benzene rings is 2. The predicted octanol–water partition coefficient (Wildman–Crippen LogP) is 4.94. The van der Waals surface area contributed by atoms with E-state index in [2.05, 4.69) is 28.1 Å². The average molecular weight is 458 g/mol. The largest absolute Gasteiger partial charge is 0.366 e. The van der Waals surface area contributed by atoms with Crippen molar-refractivity contribution in [1.82, 2.24) is 4.90 Å². The highest BCUT2D eigenvalue weighted by atomic mass is 79.9. The summed E-state index contributed by atoms with van der Waals surface area (Å²) in [5.74, 6) is 0.219. The molecule has 0 N–H and O–H groups in total. The normalized spacial score (nSPS) is 20.1. The minimum Gasteiger partial charge on any atom is -0.366 e. The number of carbonyl (C=O) groups is 1. The lowest BCUT2D eigenvalue weighted by Crippen LogP contribution is -2.42. The molecular formula is C22H24BrN3O3. The topological polar surface area (TPSA) is 66.7 Å². The third-order valence-corrected chi connectivity index (χ3v) is 6.53. The molecule has 1 amide bonds. The van der Waals surface area contributed by atoms with Gasteiger partial charge in [-0.15, -0.1) is 0 Å². The van der Waals surface area contributed by atoms with E-state index in [9.17, 15) is 14.9 Å². The molecule has 2 heterocycles. The third kappa shape index (κ3) is 4.15. The highest BCUT2D eigenvalue weighted by molar-refractivity contribution is 9.10. The Morgan fingerprint density at radius 2 is 1.79 bits per heavy atom. The number of nitrogens with zero attached hydrogens (tertiary/aromatic N) is 3. The van der Waals surface area contributed by atoms with Crippen molar-refractivity contribution in [2.75, 3.05) is 24.5 Å². The van der Waals surface area contributed by atoms with Gasteiger partial charge >= 0.3 is 0 Å². The quantitative estimate of drug-likeness (QED) is 0.481. The number of para-hydroxylation sites is 2. The van der Waals surface area contributed by atoms with E-state index >= 15 is 0 Å². The molecule has 1 atom stereocenters. The van der Waals surface area contributed by atoms with Gasteiger partial charge < -0.3 is 9.80 Å². The van der Waals surface area contributed by atoms with Crippen LogP contribution in [0.25, 0.3) is 0 Å². The molecule has 6 nitrogen and oxygen atoms in total. The first-order chi connectivity index (χ1) is 14.0. The number of hydrogen-bond donors (Lipinski definition) is 0. The maximum atomic E-state index is 13.3. The first-order valence-corrected chi connectivity index (χ1v) is 10.9. The lowest BCUT2D eigenvalue weighted by Gasteiger charge is -2.35. The molecule has 0 bridgehead atoms. The SMILES string of the molecule is O=C(C1CCN(c2ccccc2[N+](=O)[O-])CC1)N1CCCC1c1cccc(Br)c1.